The number of halogens is 2. The molecule has 0 bridgehead atoms. The second-order valence-corrected chi connectivity index (χ2v) is 8.07. The Morgan fingerprint density at radius 3 is 2.62 bits per heavy atom. The number of fused-ring (bicyclic) bond motifs is 1. The highest BCUT2D eigenvalue weighted by Gasteiger charge is 2.36. The van der Waals surface area contributed by atoms with E-state index in [0.717, 1.165) is 22.3 Å². The van der Waals surface area contributed by atoms with Crippen molar-refractivity contribution in [3.63, 3.8) is 0 Å². The molecule has 0 fully saturated rings. The number of aliphatic hydroxyl groups excluding tert-OH is 1. The maximum Gasteiger partial charge on any atom is 0.227 e. The van der Waals surface area contributed by atoms with Crippen LogP contribution in [-0.4, -0.2) is 38.8 Å². The molecule has 0 radical (unpaired) electrons. The first-order chi connectivity index (χ1) is 14.0. The molecule has 0 saturated heterocycles. The number of aromatic nitrogens is 2. The first-order valence-electron chi connectivity index (χ1n) is 9.47. The minimum absolute atomic E-state index is 0.0934. The molecule has 1 aliphatic rings. The highest BCUT2D eigenvalue weighted by Crippen LogP contribution is 2.38. The highest BCUT2D eigenvalue weighted by molar-refractivity contribution is 6.36. The molecule has 1 aliphatic heterocycles. The Labute approximate surface area is 179 Å². The van der Waals surface area contributed by atoms with Gasteiger partial charge in [0.1, 0.15) is 0 Å². The van der Waals surface area contributed by atoms with Gasteiger partial charge in [0.25, 0.3) is 0 Å². The normalized spacial score (nSPS) is 18.6. The summed E-state index contributed by atoms with van der Waals surface area (Å²) in [4.78, 5) is 15.0. The van der Waals surface area contributed by atoms with Crippen LogP contribution in [0.3, 0.4) is 0 Å². The molecule has 0 aliphatic carbocycles. The van der Waals surface area contributed by atoms with Gasteiger partial charge < -0.3 is 10.0 Å². The lowest BCUT2D eigenvalue weighted by atomic mass is 9.84. The molecule has 2 aromatic carbocycles. The Balaban J connectivity index is 1.70. The summed E-state index contributed by atoms with van der Waals surface area (Å²) in [5.41, 5.74) is 4.89. The Kier molecular flexibility index (Phi) is 5.63. The van der Waals surface area contributed by atoms with Gasteiger partial charge in [0, 0.05) is 21.8 Å². The molecule has 7 heteroatoms. The molecule has 0 spiro atoms. The van der Waals surface area contributed by atoms with E-state index in [1.807, 2.05) is 31.3 Å². The van der Waals surface area contributed by atoms with Crippen LogP contribution in [0.25, 0.3) is 11.1 Å². The predicted molar refractivity (Wildman–Crippen MR) is 114 cm³/mol. The number of H-pyrrole nitrogens is 1. The van der Waals surface area contributed by atoms with Crippen LogP contribution >= 0.6 is 23.2 Å². The molecule has 1 aromatic heterocycles. The standard InChI is InChI=1S/C22H21Cl2N3O2/c1-13-16-4-2-5-17(14-10-25-26-11-14)18(16)8-15(12-28)27(13)22(29)9-19-20(23)6-3-7-21(19)24/h2-7,10-11,13,15,28H,8-9,12H2,1H3,(H,25,26)/t13-,15+/m0/s1. The molecule has 5 nitrogen and oxygen atoms in total. The van der Waals surface area contributed by atoms with Gasteiger partial charge in [0.05, 0.1) is 31.3 Å². The van der Waals surface area contributed by atoms with Gasteiger partial charge in [-0.25, -0.2) is 0 Å². The van der Waals surface area contributed by atoms with Crippen molar-refractivity contribution >= 4 is 29.1 Å². The molecular weight excluding hydrogens is 409 g/mol. The lowest BCUT2D eigenvalue weighted by Crippen LogP contribution is -2.49. The number of aliphatic hydroxyl groups is 1. The summed E-state index contributed by atoms with van der Waals surface area (Å²) < 4.78 is 0. The van der Waals surface area contributed by atoms with Crippen molar-refractivity contribution in [2.75, 3.05) is 6.61 Å². The average molecular weight is 430 g/mol. The molecule has 2 atom stereocenters. The van der Waals surface area contributed by atoms with Gasteiger partial charge in [-0.2, -0.15) is 5.10 Å². The number of aromatic amines is 1. The number of rotatable bonds is 4. The maximum absolute atomic E-state index is 13.3. The van der Waals surface area contributed by atoms with E-state index >= 15 is 0 Å². The zero-order valence-corrected chi connectivity index (χ0v) is 17.4. The van der Waals surface area contributed by atoms with Crippen molar-refractivity contribution in [3.8, 4) is 11.1 Å². The molecule has 0 saturated carbocycles. The van der Waals surface area contributed by atoms with E-state index in [9.17, 15) is 9.90 Å². The minimum atomic E-state index is -0.320. The van der Waals surface area contributed by atoms with Crippen molar-refractivity contribution in [3.05, 3.63) is 75.5 Å². The number of nitrogens with zero attached hydrogens (tertiary/aromatic N) is 2. The fraction of sp³-hybridized carbons (Fsp3) is 0.273. The van der Waals surface area contributed by atoms with Gasteiger partial charge in [-0.1, -0.05) is 47.5 Å². The number of amides is 1. The lowest BCUT2D eigenvalue weighted by Gasteiger charge is -2.42. The Morgan fingerprint density at radius 1 is 1.24 bits per heavy atom. The smallest absolute Gasteiger partial charge is 0.227 e. The molecule has 2 heterocycles. The number of benzene rings is 2. The van der Waals surface area contributed by atoms with Gasteiger partial charge in [0.15, 0.2) is 0 Å². The van der Waals surface area contributed by atoms with Crippen LogP contribution in [0.5, 0.6) is 0 Å². The summed E-state index contributed by atoms with van der Waals surface area (Å²) in [6.07, 6.45) is 4.30. The minimum Gasteiger partial charge on any atom is -0.394 e. The van der Waals surface area contributed by atoms with Gasteiger partial charge in [-0.3, -0.25) is 9.89 Å². The number of nitrogens with one attached hydrogen (secondary N) is 1. The topological polar surface area (TPSA) is 69.2 Å². The van der Waals surface area contributed by atoms with Crippen molar-refractivity contribution < 1.29 is 9.90 Å². The number of hydrogen-bond donors (Lipinski definition) is 2. The van der Waals surface area contributed by atoms with E-state index in [1.54, 1.807) is 29.3 Å². The Hall–Kier alpha value is -2.34. The summed E-state index contributed by atoms with van der Waals surface area (Å²) in [5, 5.41) is 17.9. The first-order valence-corrected chi connectivity index (χ1v) is 10.2. The van der Waals surface area contributed by atoms with E-state index in [4.69, 9.17) is 23.2 Å². The van der Waals surface area contributed by atoms with E-state index in [0.29, 0.717) is 22.0 Å². The highest BCUT2D eigenvalue weighted by atomic mass is 35.5. The zero-order chi connectivity index (χ0) is 20.5. The summed E-state index contributed by atoms with van der Waals surface area (Å²) in [6, 6.07) is 10.8. The summed E-state index contributed by atoms with van der Waals surface area (Å²) in [7, 11) is 0. The van der Waals surface area contributed by atoms with E-state index in [2.05, 4.69) is 10.2 Å². The SMILES string of the molecule is C[C@H]1c2cccc(-c3cn[nH]c3)c2C[C@H](CO)N1C(=O)Cc1c(Cl)cccc1Cl. The molecule has 2 N–H and O–H groups in total. The molecule has 29 heavy (non-hydrogen) atoms. The van der Waals surface area contributed by atoms with Crippen molar-refractivity contribution in [2.24, 2.45) is 0 Å². The van der Waals surface area contributed by atoms with Crippen LogP contribution in [0, 0.1) is 0 Å². The quantitative estimate of drug-likeness (QED) is 0.644. The number of carbonyl (C=O) groups excluding carboxylic acids is 1. The van der Waals surface area contributed by atoms with Crippen LogP contribution in [0.2, 0.25) is 10.0 Å². The summed E-state index contributed by atoms with van der Waals surface area (Å²) >= 11 is 12.5. The van der Waals surface area contributed by atoms with Crippen LogP contribution in [0.4, 0.5) is 0 Å². The molecule has 3 aromatic rings. The van der Waals surface area contributed by atoms with E-state index in [1.165, 1.54) is 0 Å². The third-order valence-corrected chi connectivity index (χ3v) is 6.32. The fourth-order valence-electron chi connectivity index (χ4n) is 4.21. The molecule has 0 unspecified atom stereocenters. The number of hydrogen-bond acceptors (Lipinski definition) is 3. The molecular formula is C22H21Cl2N3O2. The van der Waals surface area contributed by atoms with Crippen LogP contribution in [0.1, 0.15) is 29.7 Å². The van der Waals surface area contributed by atoms with Crippen molar-refractivity contribution in [2.45, 2.75) is 31.8 Å². The van der Waals surface area contributed by atoms with Crippen LogP contribution < -0.4 is 0 Å². The molecule has 4 rings (SSSR count). The van der Waals surface area contributed by atoms with E-state index in [-0.39, 0.29) is 31.0 Å². The van der Waals surface area contributed by atoms with Crippen LogP contribution in [0.15, 0.2) is 48.8 Å². The average Bonchev–Trinajstić information content (AvgIpc) is 3.24. The maximum atomic E-state index is 13.3. The van der Waals surface area contributed by atoms with Crippen molar-refractivity contribution in [1.82, 2.24) is 15.1 Å². The second-order valence-electron chi connectivity index (χ2n) is 7.25. The van der Waals surface area contributed by atoms with Gasteiger partial charge >= 0.3 is 0 Å². The third-order valence-electron chi connectivity index (χ3n) is 5.61. The van der Waals surface area contributed by atoms with Gasteiger partial charge in [0.2, 0.25) is 5.91 Å². The van der Waals surface area contributed by atoms with E-state index < -0.39 is 0 Å². The lowest BCUT2D eigenvalue weighted by molar-refractivity contribution is -0.137. The molecule has 1 amide bonds. The second kappa shape index (κ2) is 8.19. The third kappa shape index (κ3) is 3.66. The zero-order valence-electron chi connectivity index (χ0n) is 15.9. The Morgan fingerprint density at radius 2 is 1.97 bits per heavy atom. The van der Waals surface area contributed by atoms with Crippen molar-refractivity contribution in [1.29, 1.82) is 0 Å². The van der Waals surface area contributed by atoms with Gasteiger partial charge in [-0.15, -0.1) is 0 Å². The largest absolute Gasteiger partial charge is 0.394 e. The Bertz CT molecular complexity index is 1020. The fourth-order valence-corrected chi connectivity index (χ4v) is 4.74. The molecule has 150 valence electrons. The van der Waals surface area contributed by atoms with Gasteiger partial charge in [-0.05, 0) is 47.7 Å². The monoisotopic (exact) mass is 429 g/mol. The summed E-state index contributed by atoms with van der Waals surface area (Å²) in [6.45, 7) is 1.87. The predicted octanol–water partition coefficient (Wildman–Crippen LogP) is 4.43. The number of carbonyl (C=O) groups is 1. The summed E-state index contributed by atoms with van der Waals surface area (Å²) in [5.74, 6) is -0.106. The van der Waals surface area contributed by atoms with Crippen LogP contribution in [-0.2, 0) is 17.6 Å². The first kappa shape index (κ1) is 20.0.